The number of aryl methyl sites for hydroxylation is 1. The molecule has 0 saturated carbocycles. The van der Waals surface area contributed by atoms with Gasteiger partial charge in [0.25, 0.3) is 0 Å². The number of hydrogen-bond acceptors (Lipinski definition) is 3. The van der Waals surface area contributed by atoms with E-state index >= 15 is 0 Å². The van der Waals surface area contributed by atoms with E-state index in [1.54, 1.807) is 6.20 Å². The Morgan fingerprint density at radius 2 is 2.25 bits per heavy atom. The molecule has 0 fully saturated rings. The van der Waals surface area contributed by atoms with Gasteiger partial charge in [0.1, 0.15) is 0 Å². The molecule has 0 bridgehead atoms. The lowest BCUT2D eigenvalue weighted by Gasteiger charge is -2.04. The van der Waals surface area contributed by atoms with Gasteiger partial charge in [-0.3, -0.25) is 4.98 Å². The van der Waals surface area contributed by atoms with Crippen molar-refractivity contribution in [2.75, 3.05) is 6.54 Å². The van der Waals surface area contributed by atoms with Crippen molar-refractivity contribution in [3.63, 3.8) is 0 Å². The largest absolute Gasteiger partial charge is 0.337 e. The molecular weight excluding hydrogens is 200 g/mol. The number of rotatable bonds is 6. The molecule has 0 aliphatic rings. The van der Waals surface area contributed by atoms with E-state index in [4.69, 9.17) is 0 Å². The summed E-state index contributed by atoms with van der Waals surface area (Å²) in [6.45, 7) is 2.91. The van der Waals surface area contributed by atoms with Gasteiger partial charge in [-0.25, -0.2) is 4.98 Å². The molecule has 2 heterocycles. The molecule has 0 spiro atoms. The zero-order chi connectivity index (χ0) is 11.1. The summed E-state index contributed by atoms with van der Waals surface area (Å²) in [5, 5.41) is 3.39. The lowest BCUT2D eigenvalue weighted by atomic mass is 10.3. The van der Waals surface area contributed by atoms with E-state index in [1.165, 1.54) is 5.56 Å². The fourth-order valence-corrected chi connectivity index (χ4v) is 1.54. The molecule has 2 aromatic rings. The molecule has 2 aromatic heterocycles. The summed E-state index contributed by atoms with van der Waals surface area (Å²) in [6.07, 6.45) is 10.4. The van der Waals surface area contributed by atoms with Crippen molar-refractivity contribution in [1.82, 2.24) is 19.9 Å². The molecule has 0 aliphatic heterocycles. The summed E-state index contributed by atoms with van der Waals surface area (Å²) in [5.74, 6) is 0. The number of aromatic nitrogens is 3. The molecule has 0 amide bonds. The van der Waals surface area contributed by atoms with Gasteiger partial charge in [-0.05, 0) is 24.6 Å². The van der Waals surface area contributed by atoms with Crippen molar-refractivity contribution < 1.29 is 0 Å². The van der Waals surface area contributed by atoms with Crippen LogP contribution >= 0.6 is 0 Å². The molecule has 0 aromatic carbocycles. The monoisotopic (exact) mass is 216 g/mol. The summed E-state index contributed by atoms with van der Waals surface area (Å²) in [5.41, 5.74) is 1.23. The fraction of sp³-hybridized carbons (Fsp3) is 0.333. The average Bonchev–Trinajstić information content (AvgIpc) is 2.83. The quantitative estimate of drug-likeness (QED) is 0.743. The summed E-state index contributed by atoms with van der Waals surface area (Å²) in [4.78, 5) is 8.07. The van der Waals surface area contributed by atoms with Crippen LogP contribution in [0.2, 0.25) is 0 Å². The summed E-state index contributed by atoms with van der Waals surface area (Å²) >= 11 is 0. The van der Waals surface area contributed by atoms with E-state index in [1.807, 2.05) is 31.0 Å². The predicted octanol–water partition coefficient (Wildman–Crippen LogP) is 1.46. The van der Waals surface area contributed by atoms with Crippen LogP contribution in [0.1, 0.15) is 12.0 Å². The lowest BCUT2D eigenvalue weighted by Crippen LogP contribution is -2.16. The number of nitrogens with one attached hydrogen (secondary N) is 1. The van der Waals surface area contributed by atoms with Crippen molar-refractivity contribution in [2.45, 2.75) is 19.5 Å². The van der Waals surface area contributed by atoms with E-state index in [-0.39, 0.29) is 0 Å². The Kier molecular flexibility index (Phi) is 4.08. The predicted molar refractivity (Wildman–Crippen MR) is 62.8 cm³/mol. The van der Waals surface area contributed by atoms with Gasteiger partial charge in [-0.15, -0.1) is 0 Å². The van der Waals surface area contributed by atoms with Crippen LogP contribution in [0.15, 0.2) is 43.2 Å². The van der Waals surface area contributed by atoms with Gasteiger partial charge in [-0.2, -0.15) is 0 Å². The molecule has 16 heavy (non-hydrogen) atoms. The third-order valence-corrected chi connectivity index (χ3v) is 2.38. The van der Waals surface area contributed by atoms with Gasteiger partial charge in [0.15, 0.2) is 0 Å². The molecular formula is C12H16N4. The Hall–Kier alpha value is -1.68. The van der Waals surface area contributed by atoms with Crippen LogP contribution in [0.5, 0.6) is 0 Å². The van der Waals surface area contributed by atoms with E-state index in [0.717, 1.165) is 26.1 Å². The van der Waals surface area contributed by atoms with Gasteiger partial charge in [0.05, 0.1) is 6.33 Å². The van der Waals surface area contributed by atoms with E-state index in [2.05, 4.69) is 25.9 Å². The second-order valence-electron chi connectivity index (χ2n) is 3.69. The average molecular weight is 216 g/mol. The van der Waals surface area contributed by atoms with Gasteiger partial charge >= 0.3 is 0 Å². The van der Waals surface area contributed by atoms with E-state index in [9.17, 15) is 0 Å². The molecule has 0 radical (unpaired) electrons. The Morgan fingerprint density at radius 1 is 1.25 bits per heavy atom. The van der Waals surface area contributed by atoms with Gasteiger partial charge in [0, 0.05) is 37.9 Å². The topological polar surface area (TPSA) is 42.7 Å². The number of pyridine rings is 1. The molecule has 0 unspecified atom stereocenters. The van der Waals surface area contributed by atoms with Gasteiger partial charge < -0.3 is 9.88 Å². The highest BCUT2D eigenvalue weighted by Crippen LogP contribution is 1.95. The molecule has 1 N–H and O–H groups in total. The van der Waals surface area contributed by atoms with Crippen molar-refractivity contribution in [1.29, 1.82) is 0 Å². The molecule has 4 heteroatoms. The Morgan fingerprint density at radius 3 is 3.00 bits per heavy atom. The first-order chi connectivity index (χ1) is 7.95. The molecule has 4 nitrogen and oxygen atoms in total. The molecule has 0 saturated heterocycles. The maximum Gasteiger partial charge on any atom is 0.0945 e. The van der Waals surface area contributed by atoms with Crippen molar-refractivity contribution in [3.8, 4) is 0 Å². The van der Waals surface area contributed by atoms with Crippen LogP contribution in [0.4, 0.5) is 0 Å². The number of imidazole rings is 1. The smallest absolute Gasteiger partial charge is 0.0945 e. The zero-order valence-corrected chi connectivity index (χ0v) is 9.21. The first-order valence-electron chi connectivity index (χ1n) is 5.50. The second kappa shape index (κ2) is 6.02. The van der Waals surface area contributed by atoms with Crippen LogP contribution in [-0.2, 0) is 13.1 Å². The summed E-state index contributed by atoms with van der Waals surface area (Å²) in [6, 6.07) is 4.04. The first kappa shape index (κ1) is 10.8. The normalized spacial score (nSPS) is 10.5. The van der Waals surface area contributed by atoms with Crippen molar-refractivity contribution in [3.05, 3.63) is 48.8 Å². The number of nitrogens with zero attached hydrogens (tertiary/aromatic N) is 3. The lowest BCUT2D eigenvalue weighted by molar-refractivity contribution is 0.580. The van der Waals surface area contributed by atoms with Crippen LogP contribution < -0.4 is 5.32 Å². The SMILES string of the molecule is c1cncc(CNCCCn2ccnc2)c1. The minimum Gasteiger partial charge on any atom is -0.337 e. The fourth-order valence-electron chi connectivity index (χ4n) is 1.54. The number of hydrogen-bond donors (Lipinski definition) is 1. The van der Waals surface area contributed by atoms with Gasteiger partial charge in [-0.1, -0.05) is 6.07 Å². The van der Waals surface area contributed by atoms with Crippen LogP contribution in [0.25, 0.3) is 0 Å². The Bertz CT molecular complexity index is 383. The van der Waals surface area contributed by atoms with Crippen molar-refractivity contribution >= 4 is 0 Å². The minimum atomic E-state index is 0.887. The zero-order valence-electron chi connectivity index (χ0n) is 9.21. The van der Waals surface area contributed by atoms with Crippen LogP contribution in [0, 0.1) is 0 Å². The van der Waals surface area contributed by atoms with Crippen LogP contribution in [0.3, 0.4) is 0 Å². The first-order valence-corrected chi connectivity index (χ1v) is 5.50. The third kappa shape index (κ3) is 3.47. The van der Waals surface area contributed by atoms with E-state index in [0.29, 0.717) is 0 Å². The highest BCUT2D eigenvalue weighted by Gasteiger charge is 1.92. The van der Waals surface area contributed by atoms with E-state index < -0.39 is 0 Å². The Labute approximate surface area is 95.4 Å². The molecule has 2 rings (SSSR count). The third-order valence-electron chi connectivity index (χ3n) is 2.38. The maximum atomic E-state index is 4.07. The van der Waals surface area contributed by atoms with Gasteiger partial charge in [0.2, 0.25) is 0 Å². The van der Waals surface area contributed by atoms with Crippen LogP contribution in [-0.4, -0.2) is 21.1 Å². The summed E-state index contributed by atoms with van der Waals surface area (Å²) < 4.78 is 2.09. The highest BCUT2D eigenvalue weighted by atomic mass is 15.0. The minimum absolute atomic E-state index is 0.887. The van der Waals surface area contributed by atoms with Crippen molar-refractivity contribution in [2.24, 2.45) is 0 Å². The molecule has 0 aliphatic carbocycles. The highest BCUT2D eigenvalue weighted by molar-refractivity contribution is 5.07. The molecule has 84 valence electrons. The molecule has 0 atom stereocenters. The maximum absolute atomic E-state index is 4.07. The summed E-state index contributed by atoms with van der Waals surface area (Å²) in [7, 11) is 0. The second-order valence-corrected chi connectivity index (χ2v) is 3.69. The standard InChI is InChI=1S/C12H16N4/c1-3-12(9-13-4-1)10-14-5-2-7-16-8-6-15-11-16/h1,3-4,6,8-9,11,14H,2,5,7,10H2. The Balaban J connectivity index is 1.59.